The molecule has 0 aliphatic heterocycles. The summed E-state index contributed by atoms with van der Waals surface area (Å²) in [7, 11) is 0. The Morgan fingerprint density at radius 1 is 0.468 bits per heavy atom. The standard InChI is InChI=1S/C35H36O12/c1-23(36)45-29-14-8-5-11-26(29)17-32(39)42-20-35(4,21-43-33(40)18-27-12-6-9-15-30(27)46-24(2)37)22-44-34(41)19-28-13-7-10-16-31(28)47-25(3)38/h5-16H,17-22H2,1-4H3. The zero-order valence-corrected chi connectivity index (χ0v) is 26.6. The quantitative estimate of drug-likeness (QED) is 0.132. The summed E-state index contributed by atoms with van der Waals surface area (Å²) in [4.78, 5) is 72.9. The van der Waals surface area contributed by atoms with Crippen LogP contribution in [0, 0.1) is 5.41 Å². The van der Waals surface area contributed by atoms with Crippen LogP contribution in [0.15, 0.2) is 72.8 Å². The maximum Gasteiger partial charge on any atom is 0.310 e. The summed E-state index contributed by atoms with van der Waals surface area (Å²) in [5.41, 5.74) is 0.0710. The van der Waals surface area contributed by atoms with Crippen LogP contribution in [-0.2, 0) is 62.2 Å². The number of hydrogen-bond donors (Lipinski definition) is 0. The molecule has 0 fully saturated rings. The highest BCUT2D eigenvalue weighted by atomic mass is 16.6. The van der Waals surface area contributed by atoms with Crippen LogP contribution in [-0.4, -0.2) is 55.6 Å². The number of ether oxygens (including phenoxy) is 6. The summed E-state index contributed by atoms with van der Waals surface area (Å²) in [5.74, 6) is -3.01. The number of carbonyl (C=O) groups is 6. The van der Waals surface area contributed by atoms with E-state index in [2.05, 4.69) is 0 Å². The third-order valence-electron chi connectivity index (χ3n) is 6.43. The third kappa shape index (κ3) is 12.4. The summed E-state index contributed by atoms with van der Waals surface area (Å²) in [6, 6.07) is 19.5. The summed E-state index contributed by atoms with van der Waals surface area (Å²) in [5, 5.41) is 0. The van der Waals surface area contributed by atoms with E-state index in [-0.39, 0.29) is 56.3 Å². The van der Waals surface area contributed by atoms with Crippen molar-refractivity contribution in [3.8, 4) is 17.2 Å². The zero-order chi connectivity index (χ0) is 34.4. The molecule has 0 aliphatic carbocycles. The molecule has 0 radical (unpaired) electrons. The lowest BCUT2D eigenvalue weighted by atomic mass is 9.94. The van der Waals surface area contributed by atoms with E-state index in [1.807, 2.05) is 0 Å². The molecule has 3 rings (SSSR count). The van der Waals surface area contributed by atoms with Gasteiger partial charge in [-0.15, -0.1) is 0 Å². The molecule has 0 atom stereocenters. The number of benzene rings is 3. The van der Waals surface area contributed by atoms with Gasteiger partial charge in [0.2, 0.25) is 0 Å². The smallest absolute Gasteiger partial charge is 0.310 e. The first-order valence-corrected chi connectivity index (χ1v) is 14.6. The highest BCUT2D eigenvalue weighted by molar-refractivity contribution is 5.77. The van der Waals surface area contributed by atoms with Gasteiger partial charge in [-0.05, 0) is 25.1 Å². The molecule has 0 saturated heterocycles. The molecular weight excluding hydrogens is 612 g/mol. The Balaban J connectivity index is 1.70. The number of rotatable bonds is 15. The van der Waals surface area contributed by atoms with Crippen molar-refractivity contribution in [2.24, 2.45) is 5.41 Å². The Kier molecular flexibility index (Phi) is 13.2. The van der Waals surface area contributed by atoms with E-state index >= 15 is 0 Å². The average molecular weight is 649 g/mol. The van der Waals surface area contributed by atoms with E-state index in [1.54, 1.807) is 79.7 Å². The van der Waals surface area contributed by atoms with Gasteiger partial charge in [0.1, 0.15) is 37.1 Å². The van der Waals surface area contributed by atoms with Crippen molar-refractivity contribution in [2.75, 3.05) is 19.8 Å². The molecule has 0 aliphatic rings. The van der Waals surface area contributed by atoms with Crippen LogP contribution in [0.5, 0.6) is 17.2 Å². The van der Waals surface area contributed by atoms with Crippen molar-refractivity contribution in [1.82, 2.24) is 0 Å². The molecule has 3 aromatic rings. The van der Waals surface area contributed by atoms with Gasteiger partial charge in [-0.2, -0.15) is 0 Å². The van der Waals surface area contributed by atoms with Crippen LogP contribution >= 0.6 is 0 Å². The topological polar surface area (TPSA) is 158 Å². The van der Waals surface area contributed by atoms with Gasteiger partial charge in [0, 0.05) is 37.5 Å². The van der Waals surface area contributed by atoms with Crippen LogP contribution in [0.1, 0.15) is 44.4 Å². The minimum absolute atomic E-state index is 0.214. The van der Waals surface area contributed by atoms with E-state index < -0.39 is 41.2 Å². The number of hydrogen-bond acceptors (Lipinski definition) is 12. The normalized spacial score (nSPS) is 10.7. The molecular formula is C35H36O12. The zero-order valence-electron chi connectivity index (χ0n) is 26.6. The van der Waals surface area contributed by atoms with Gasteiger partial charge < -0.3 is 28.4 Å². The van der Waals surface area contributed by atoms with Gasteiger partial charge >= 0.3 is 35.8 Å². The predicted molar refractivity (Wildman–Crippen MR) is 165 cm³/mol. The SMILES string of the molecule is CC(=O)Oc1ccccc1CC(=O)OCC(C)(COC(=O)Cc1ccccc1OC(C)=O)COC(=O)Cc1ccccc1OC(C)=O. The Morgan fingerprint density at radius 3 is 0.979 bits per heavy atom. The molecule has 12 heteroatoms. The maximum atomic E-state index is 12.8. The number of carbonyl (C=O) groups excluding carboxylic acids is 6. The van der Waals surface area contributed by atoms with Gasteiger partial charge in [0.05, 0.1) is 24.7 Å². The summed E-state index contributed by atoms with van der Waals surface area (Å²) < 4.78 is 32.0. The monoisotopic (exact) mass is 648 g/mol. The van der Waals surface area contributed by atoms with Gasteiger partial charge in [-0.1, -0.05) is 54.6 Å². The minimum atomic E-state index is -1.19. The highest BCUT2D eigenvalue weighted by Gasteiger charge is 2.31. The van der Waals surface area contributed by atoms with Crippen molar-refractivity contribution in [3.05, 3.63) is 89.5 Å². The van der Waals surface area contributed by atoms with Crippen molar-refractivity contribution in [1.29, 1.82) is 0 Å². The lowest BCUT2D eigenvalue weighted by Gasteiger charge is -2.28. The number of esters is 6. The predicted octanol–water partition coefficient (Wildman–Crippen LogP) is 4.13. The largest absolute Gasteiger partial charge is 0.465 e. The van der Waals surface area contributed by atoms with Crippen LogP contribution in [0.25, 0.3) is 0 Å². The van der Waals surface area contributed by atoms with Gasteiger partial charge in [0.25, 0.3) is 0 Å². The fourth-order valence-corrected chi connectivity index (χ4v) is 4.22. The van der Waals surface area contributed by atoms with E-state index in [0.717, 1.165) is 0 Å². The van der Waals surface area contributed by atoms with Crippen LogP contribution in [0.3, 0.4) is 0 Å². The molecule has 12 nitrogen and oxygen atoms in total. The first-order chi connectivity index (χ1) is 22.3. The molecule has 0 heterocycles. The van der Waals surface area contributed by atoms with Gasteiger partial charge in [-0.25, -0.2) is 0 Å². The summed E-state index contributed by atoms with van der Waals surface area (Å²) in [6.45, 7) is 4.41. The fourth-order valence-electron chi connectivity index (χ4n) is 4.22. The highest BCUT2D eigenvalue weighted by Crippen LogP contribution is 2.25. The van der Waals surface area contributed by atoms with E-state index in [9.17, 15) is 28.8 Å². The second-order valence-electron chi connectivity index (χ2n) is 10.9. The van der Waals surface area contributed by atoms with E-state index in [0.29, 0.717) is 16.7 Å². The lowest BCUT2D eigenvalue weighted by molar-refractivity contribution is -0.160. The molecule has 0 bridgehead atoms. The maximum absolute atomic E-state index is 12.8. The van der Waals surface area contributed by atoms with E-state index in [1.165, 1.54) is 20.8 Å². The molecule has 0 saturated carbocycles. The molecule has 0 amide bonds. The molecule has 248 valence electrons. The minimum Gasteiger partial charge on any atom is -0.465 e. The summed E-state index contributed by atoms with van der Waals surface area (Å²) in [6.07, 6.45) is -0.670. The Bertz CT molecular complexity index is 1420. The van der Waals surface area contributed by atoms with E-state index in [4.69, 9.17) is 28.4 Å². The third-order valence-corrected chi connectivity index (χ3v) is 6.43. The van der Waals surface area contributed by atoms with Crippen molar-refractivity contribution < 1.29 is 57.2 Å². The molecule has 0 N–H and O–H groups in total. The van der Waals surface area contributed by atoms with Crippen LogP contribution in [0.2, 0.25) is 0 Å². The fraction of sp³-hybridized carbons (Fsp3) is 0.314. The Morgan fingerprint density at radius 2 is 0.723 bits per heavy atom. The van der Waals surface area contributed by atoms with Crippen molar-refractivity contribution >= 4 is 35.8 Å². The second kappa shape index (κ2) is 17.2. The summed E-state index contributed by atoms with van der Waals surface area (Å²) >= 11 is 0. The average Bonchev–Trinajstić information content (AvgIpc) is 3.00. The van der Waals surface area contributed by atoms with Gasteiger partial charge in [-0.3, -0.25) is 28.8 Å². The van der Waals surface area contributed by atoms with Crippen LogP contribution in [0.4, 0.5) is 0 Å². The molecule has 47 heavy (non-hydrogen) atoms. The second-order valence-corrected chi connectivity index (χ2v) is 10.9. The first kappa shape index (κ1) is 36.0. The molecule has 0 spiro atoms. The van der Waals surface area contributed by atoms with Crippen molar-refractivity contribution in [3.63, 3.8) is 0 Å². The first-order valence-electron chi connectivity index (χ1n) is 14.6. The molecule has 3 aromatic carbocycles. The Hall–Kier alpha value is -5.52. The van der Waals surface area contributed by atoms with Crippen LogP contribution < -0.4 is 14.2 Å². The number of para-hydroxylation sites is 3. The lowest BCUT2D eigenvalue weighted by Crippen LogP contribution is -2.37. The van der Waals surface area contributed by atoms with Crippen molar-refractivity contribution in [2.45, 2.75) is 47.0 Å². The molecule has 0 unspecified atom stereocenters. The van der Waals surface area contributed by atoms with Gasteiger partial charge in [0.15, 0.2) is 0 Å². The Labute approximate surface area is 271 Å². The molecule has 0 aromatic heterocycles.